The number of rotatable bonds is 5. The van der Waals surface area contributed by atoms with Crippen LogP contribution in [0.25, 0.3) is 22.7 Å². The van der Waals surface area contributed by atoms with E-state index in [9.17, 15) is 4.79 Å². The molecule has 1 amide bonds. The van der Waals surface area contributed by atoms with E-state index in [0.717, 1.165) is 34.0 Å². The maximum absolute atomic E-state index is 11.1. The topological polar surface area (TPSA) is 60.1 Å². The molecular formula is C19H21N3O2. The number of imidazole rings is 1. The second-order valence-corrected chi connectivity index (χ2v) is 5.83. The highest BCUT2D eigenvalue weighted by atomic mass is 16.3. The van der Waals surface area contributed by atoms with E-state index in [4.69, 9.17) is 4.42 Å². The van der Waals surface area contributed by atoms with Crippen LogP contribution in [0.2, 0.25) is 0 Å². The number of carbonyl (C=O) groups is 1. The lowest BCUT2D eigenvalue weighted by Crippen LogP contribution is -2.24. The van der Waals surface area contributed by atoms with Crippen molar-refractivity contribution in [1.29, 1.82) is 0 Å². The Bertz CT molecular complexity index is 827. The first-order valence-corrected chi connectivity index (χ1v) is 7.98. The van der Waals surface area contributed by atoms with Gasteiger partial charge < -0.3 is 14.3 Å². The monoisotopic (exact) mass is 323 g/mol. The van der Waals surface area contributed by atoms with Crippen LogP contribution in [-0.4, -0.2) is 22.0 Å². The van der Waals surface area contributed by atoms with Crippen LogP contribution < -0.4 is 5.32 Å². The van der Waals surface area contributed by atoms with Gasteiger partial charge in [0.15, 0.2) is 5.76 Å². The number of nitrogens with zero attached hydrogens (tertiary/aromatic N) is 2. The average Bonchev–Trinajstić information content (AvgIpc) is 3.12. The van der Waals surface area contributed by atoms with Crippen LogP contribution in [0.3, 0.4) is 0 Å². The largest absolute Gasteiger partial charge is 0.459 e. The van der Waals surface area contributed by atoms with Crippen LogP contribution in [0, 0.1) is 13.8 Å². The molecule has 0 saturated carbocycles. The van der Waals surface area contributed by atoms with Gasteiger partial charge in [0.1, 0.15) is 11.5 Å². The standard InChI is InChI=1S/C19H21N3O2/c1-13-11-17(24-14(13)2)19-18(16-7-5-4-6-8-16)21-12-22(19)10-9-20-15(3)23/h4-8,11-12H,9-10H2,1-3H3,(H,20,23). The summed E-state index contributed by atoms with van der Waals surface area (Å²) in [5, 5.41) is 2.82. The molecule has 0 unspecified atom stereocenters. The minimum atomic E-state index is -0.0374. The lowest BCUT2D eigenvalue weighted by atomic mass is 10.1. The van der Waals surface area contributed by atoms with Gasteiger partial charge in [0.05, 0.1) is 12.0 Å². The second kappa shape index (κ2) is 6.74. The van der Waals surface area contributed by atoms with Crippen molar-refractivity contribution < 1.29 is 9.21 Å². The molecule has 5 nitrogen and oxygen atoms in total. The molecule has 0 radical (unpaired) electrons. The third-order valence-corrected chi connectivity index (χ3v) is 4.01. The van der Waals surface area contributed by atoms with Crippen molar-refractivity contribution in [3.63, 3.8) is 0 Å². The van der Waals surface area contributed by atoms with Gasteiger partial charge in [-0.2, -0.15) is 0 Å². The summed E-state index contributed by atoms with van der Waals surface area (Å²) in [6.45, 7) is 6.68. The summed E-state index contributed by atoms with van der Waals surface area (Å²) in [5.41, 5.74) is 3.96. The maximum Gasteiger partial charge on any atom is 0.216 e. The quantitative estimate of drug-likeness (QED) is 0.781. The van der Waals surface area contributed by atoms with Gasteiger partial charge in [0, 0.05) is 25.6 Å². The van der Waals surface area contributed by atoms with Crippen molar-refractivity contribution in [3.05, 3.63) is 54.0 Å². The molecule has 24 heavy (non-hydrogen) atoms. The van der Waals surface area contributed by atoms with Gasteiger partial charge in [0.25, 0.3) is 0 Å². The number of aromatic nitrogens is 2. The van der Waals surface area contributed by atoms with E-state index in [0.29, 0.717) is 13.1 Å². The highest BCUT2D eigenvalue weighted by Crippen LogP contribution is 2.33. The van der Waals surface area contributed by atoms with Crippen LogP contribution in [-0.2, 0) is 11.3 Å². The number of amides is 1. The van der Waals surface area contributed by atoms with Crippen molar-refractivity contribution in [2.75, 3.05) is 6.54 Å². The molecule has 124 valence electrons. The Morgan fingerprint density at radius 3 is 2.62 bits per heavy atom. The molecule has 2 aromatic heterocycles. The van der Waals surface area contributed by atoms with Gasteiger partial charge in [-0.3, -0.25) is 4.79 Å². The number of carbonyl (C=O) groups excluding carboxylic acids is 1. The molecule has 1 aromatic carbocycles. The van der Waals surface area contributed by atoms with Crippen molar-refractivity contribution in [3.8, 4) is 22.7 Å². The normalized spacial score (nSPS) is 10.8. The minimum Gasteiger partial charge on any atom is -0.459 e. The van der Waals surface area contributed by atoms with Gasteiger partial charge in [-0.25, -0.2) is 4.98 Å². The zero-order chi connectivity index (χ0) is 17.1. The van der Waals surface area contributed by atoms with Crippen LogP contribution in [0.4, 0.5) is 0 Å². The van der Waals surface area contributed by atoms with Gasteiger partial charge in [0.2, 0.25) is 5.91 Å². The summed E-state index contributed by atoms with van der Waals surface area (Å²) in [4.78, 5) is 15.7. The summed E-state index contributed by atoms with van der Waals surface area (Å²) in [6.07, 6.45) is 1.80. The molecule has 3 rings (SSSR count). The lowest BCUT2D eigenvalue weighted by molar-refractivity contribution is -0.118. The first kappa shape index (κ1) is 16.1. The van der Waals surface area contributed by atoms with E-state index >= 15 is 0 Å². The molecule has 3 aromatic rings. The van der Waals surface area contributed by atoms with Crippen LogP contribution in [0.1, 0.15) is 18.2 Å². The third kappa shape index (κ3) is 3.25. The van der Waals surface area contributed by atoms with Crippen molar-refractivity contribution in [1.82, 2.24) is 14.9 Å². The number of aryl methyl sites for hydroxylation is 2. The van der Waals surface area contributed by atoms with Gasteiger partial charge in [-0.05, 0) is 25.5 Å². The highest BCUT2D eigenvalue weighted by molar-refractivity contribution is 5.76. The molecular weight excluding hydrogens is 302 g/mol. The van der Waals surface area contributed by atoms with E-state index in [-0.39, 0.29) is 5.91 Å². The number of furan rings is 1. The summed E-state index contributed by atoms with van der Waals surface area (Å²) in [7, 11) is 0. The smallest absolute Gasteiger partial charge is 0.216 e. The van der Waals surface area contributed by atoms with E-state index in [2.05, 4.69) is 10.3 Å². The molecule has 0 aliphatic rings. The third-order valence-electron chi connectivity index (χ3n) is 4.01. The Morgan fingerprint density at radius 1 is 1.25 bits per heavy atom. The van der Waals surface area contributed by atoms with Crippen molar-refractivity contribution in [2.24, 2.45) is 0 Å². The van der Waals surface area contributed by atoms with Gasteiger partial charge in [-0.1, -0.05) is 30.3 Å². The fourth-order valence-corrected chi connectivity index (χ4v) is 2.66. The predicted octanol–water partition coefficient (Wildman–Crippen LogP) is 3.56. The Kier molecular flexibility index (Phi) is 4.51. The van der Waals surface area contributed by atoms with E-state index < -0.39 is 0 Å². The second-order valence-electron chi connectivity index (χ2n) is 5.83. The Hall–Kier alpha value is -2.82. The predicted molar refractivity (Wildman–Crippen MR) is 93.5 cm³/mol. The van der Waals surface area contributed by atoms with Crippen LogP contribution in [0.5, 0.6) is 0 Å². The first-order chi connectivity index (χ1) is 11.6. The summed E-state index contributed by atoms with van der Waals surface area (Å²) < 4.78 is 7.96. The molecule has 0 bridgehead atoms. The van der Waals surface area contributed by atoms with Crippen molar-refractivity contribution >= 4 is 5.91 Å². The molecule has 0 fully saturated rings. The summed E-state index contributed by atoms with van der Waals surface area (Å²) >= 11 is 0. The fraction of sp³-hybridized carbons (Fsp3) is 0.263. The number of hydrogen-bond donors (Lipinski definition) is 1. The van der Waals surface area contributed by atoms with E-state index in [1.54, 1.807) is 6.33 Å². The highest BCUT2D eigenvalue weighted by Gasteiger charge is 2.18. The minimum absolute atomic E-state index is 0.0374. The van der Waals surface area contributed by atoms with Crippen LogP contribution >= 0.6 is 0 Å². The summed E-state index contributed by atoms with van der Waals surface area (Å²) in [6, 6.07) is 12.1. The molecule has 0 spiro atoms. The Labute approximate surface area is 141 Å². The maximum atomic E-state index is 11.1. The SMILES string of the molecule is CC(=O)NCCn1cnc(-c2ccccc2)c1-c1cc(C)c(C)o1. The number of hydrogen-bond acceptors (Lipinski definition) is 3. The average molecular weight is 323 g/mol. The Morgan fingerprint density at radius 2 is 2.00 bits per heavy atom. The zero-order valence-corrected chi connectivity index (χ0v) is 14.2. The van der Waals surface area contributed by atoms with E-state index in [1.165, 1.54) is 6.92 Å². The van der Waals surface area contributed by atoms with E-state index in [1.807, 2.05) is 54.8 Å². The molecule has 2 heterocycles. The molecule has 0 aliphatic heterocycles. The zero-order valence-electron chi connectivity index (χ0n) is 14.2. The summed E-state index contributed by atoms with van der Waals surface area (Å²) in [5.74, 6) is 1.66. The first-order valence-electron chi connectivity index (χ1n) is 7.98. The fourth-order valence-electron chi connectivity index (χ4n) is 2.66. The molecule has 0 atom stereocenters. The van der Waals surface area contributed by atoms with Gasteiger partial charge >= 0.3 is 0 Å². The number of nitrogens with one attached hydrogen (secondary N) is 1. The molecule has 0 saturated heterocycles. The number of benzene rings is 1. The van der Waals surface area contributed by atoms with Crippen LogP contribution in [0.15, 0.2) is 47.1 Å². The molecule has 5 heteroatoms. The molecule has 1 N–H and O–H groups in total. The van der Waals surface area contributed by atoms with Crippen molar-refractivity contribution in [2.45, 2.75) is 27.3 Å². The van der Waals surface area contributed by atoms with Gasteiger partial charge in [-0.15, -0.1) is 0 Å². The lowest BCUT2D eigenvalue weighted by Gasteiger charge is -2.09. The Balaban J connectivity index is 2.03. The molecule has 0 aliphatic carbocycles.